The highest BCUT2D eigenvalue weighted by Gasteiger charge is 2.16. The van der Waals surface area contributed by atoms with E-state index in [0.717, 1.165) is 38.3 Å². The van der Waals surface area contributed by atoms with Crippen molar-refractivity contribution in [1.29, 1.82) is 0 Å². The summed E-state index contributed by atoms with van der Waals surface area (Å²) < 4.78 is 0. The second kappa shape index (κ2) is 6.00. The molecule has 2 heterocycles. The Morgan fingerprint density at radius 1 is 1.33 bits per heavy atom. The van der Waals surface area contributed by atoms with E-state index >= 15 is 0 Å². The van der Waals surface area contributed by atoms with Crippen LogP contribution in [0.15, 0.2) is 0 Å². The summed E-state index contributed by atoms with van der Waals surface area (Å²) in [6, 6.07) is 0. The van der Waals surface area contributed by atoms with Crippen LogP contribution in [0, 0.1) is 5.92 Å². The van der Waals surface area contributed by atoms with Crippen molar-refractivity contribution < 1.29 is 0 Å². The second-order valence-corrected chi connectivity index (χ2v) is 5.11. The molecule has 5 heteroatoms. The highest BCUT2D eigenvalue weighted by molar-refractivity contribution is 5.51. The number of aromatic nitrogens is 2. The molecule has 1 aromatic heterocycles. The average Bonchev–Trinajstić information content (AvgIpc) is 2.38. The predicted octanol–water partition coefficient (Wildman–Crippen LogP) is 1.62. The largest absolute Gasteiger partial charge is 0.370 e. The lowest BCUT2D eigenvalue weighted by atomic mass is 10.1. The first-order valence-electron chi connectivity index (χ1n) is 6.73. The lowest BCUT2D eigenvalue weighted by molar-refractivity contribution is 0.602. The minimum Gasteiger partial charge on any atom is -0.370 e. The van der Waals surface area contributed by atoms with Crippen LogP contribution in [-0.4, -0.2) is 30.1 Å². The fourth-order valence-electron chi connectivity index (χ4n) is 2.08. The Morgan fingerprint density at radius 3 is 2.89 bits per heavy atom. The highest BCUT2D eigenvalue weighted by atomic mass is 15.1. The Kier molecular flexibility index (Phi) is 4.36. The molecule has 0 unspecified atom stereocenters. The van der Waals surface area contributed by atoms with Gasteiger partial charge < -0.3 is 16.0 Å². The SMILES string of the molecule is CNc1nc2c(c(NCCC(C)C)n1)CNCC2. The van der Waals surface area contributed by atoms with Crippen molar-refractivity contribution in [3.8, 4) is 0 Å². The second-order valence-electron chi connectivity index (χ2n) is 5.11. The van der Waals surface area contributed by atoms with E-state index in [9.17, 15) is 0 Å². The maximum atomic E-state index is 4.53. The molecule has 0 aromatic carbocycles. The van der Waals surface area contributed by atoms with Crippen LogP contribution in [0.3, 0.4) is 0 Å². The number of nitrogens with one attached hydrogen (secondary N) is 3. The first kappa shape index (κ1) is 13.1. The fraction of sp³-hybridized carbons (Fsp3) is 0.692. The molecule has 100 valence electrons. The van der Waals surface area contributed by atoms with Crippen molar-refractivity contribution in [3.63, 3.8) is 0 Å². The molecule has 0 spiro atoms. The molecule has 0 atom stereocenters. The number of rotatable bonds is 5. The van der Waals surface area contributed by atoms with Crippen LogP contribution in [0.1, 0.15) is 31.5 Å². The van der Waals surface area contributed by atoms with Crippen LogP contribution in [0.2, 0.25) is 0 Å². The van der Waals surface area contributed by atoms with Gasteiger partial charge in [0.1, 0.15) is 5.82 Å². The van der Waals surface area contributed by atoms with Crippen molar-refractivity contribution >= 4 is 11.8 Å². The van der Waals surface area contributed by atoms with Crippen molar-refractivity contribution in [1.82, 2.24) is 15.3 Å². The lowest BCUT2D eigenvalue weighted by Crippen LogP contribution is -2.27. The average molecular weight is 249 g/mol. The van der Waals surface area contributed by atoms with Crippen molar-refractivity contribution in [2.75, 3.05) is 30.8 Å². The quantitative estimate of drug-likeness (QED) is 0.740. The zero-order valence-electron chi connectivity index (χ0n) is 11.5. The van der Waals surface area contributed by atoms with Gasteiger partial charge in [-0.25, -0.2) is 4.98 Å². The maximum absolute atomic E-state index is 4.53. The molecular weight excluding hydrogens is 226 g/mol. The Hall–Kier alpha value is -1.36. The molecular formula is C13H23N5. The minimum atomic E-state index is 0.706. The molecule has 0 amide bonds. The Balaban J connectivity index is 2.16. The summed E-state index contributed by atoms with van der Waals surface area (Å²) in [5.41, 5.74) is 2.39. The van der Waals surface area contributed by atoms with Gasteiger partial charge in [-0.2, -0.15) is 4.98 Å². The number of hydrogen-bond donors (Lipinski definition) is 3. The summed E-state index contributed by atoms with van der Waals surface area (Å²) >= 11 is 0. The topological polar surface area (TPSA) is 61.9 Å². The summed E-state index contributed by atoms with van der Waals surface area (Å²) in [6.45, 7) is 7.29. The van der Waals surface area contributed by atoms with Gasteiger partial charge in [0, 0.05) is 38.7 Å². The van der Waals surface area contributed by atoms with E-state index in [-0.39, 0.29) is 0 Å². The molecule has 0 radical (unpaired) electrons. The van der Waals surface area contributed by atoms with Gasteiger partial charge in [-0.15, -0.1) is 0 Å². The first-order valence-corrected chi connectivity index (χ1v) is 6.73. The molecule has 18 heavy (non-hydrogen) atoms. The molecule has 1 aromatic rings. The Morgan fingerprint density at radius 2 is 2.17 bits per heavy atom. The third-order valence-electron chi connectivity index (χ3n) is 3.17. The summed E-state index contributed by atoms with van der Waals surface area (Å²) in [5, 5.41) is 9.86. The standard InChI is InChI=1S/C13H23N5/c1-9(2)4-7-16-12-10-8-15-6-5-11(10)17-13(14-3)18-12/h9,15H,4-8H2,1-3H3,(H2,14,16,17,18). The van der Waals surface area contributed by atoms with E-state index in [0.29, 0.717) is 11.9 Å². The molecule has 0 fully saturated rings. The van der Waals surface area contributed by atoms with E-state index in [1.807, 2.05) is 7.05 Å². The molecule has 1 aliphatic heterocycles. The molecule has 0 bridgehead atoms. The number of hydrogen-bond acceptors (Lipinski definition) is 5. The molecule has 3 N–H and O–H groups in total. The van der Waals surface area contributed by atoms with Crippen molar-refractivity contribution in [3.05, 3.63) is 11.3 Å². The zero-order valence-corrected chi connectivity index (χ0v) is 11.5. The van der Waals surface area contributed by atoms with Gasteiger partial charge in [-0.05, 0) is 12.3 Å². The van der Waals surface area contributed by atoms with Gasteiger partial charge in [-0.3, -0.25) is 0 Å². The van der Waals surface area contributed by atoms with Gasteiger partial charge >= 0.3 is 0 Å². The number of anilines is 2. The third kappa shape index (κ3) is 3.10. The van der Waals surface area contributed by atoms with Gasteiger partial charge in [0.2, 0.25) is 5.95 Å². The molecule has 5 nitrogen and oxygen atoms in total. The highest BCUT2D eigenvalue weighted by Crippen LogP contribution is 2.21. The third-order valence-corrected chi connectivity index (χ3v) is 3.17. The lowest BCUT2D eigenvalue weighted by Gasteiger charge is -2.20. The fourth-order valence-corrected chi connectivity index (χ4v) is 2.08. The molecule has 0 saturated heterocycles. The Bertz CT molecular complexity index is 403. The van der Waals surface area contributed by atoms with Gasteiger partial charge in [0.15, 0.2) is 0 Å². The van der Waals surface area contributed by atoms with Crippen LogP contribution in [0.5, 0.6) is 0 Å². The van der Waals surface area contributed by atoms with Crippen LogP contribution in [-0.2, 0) is 13.0 Å². The van der Waals surface area contributed by atoms with E-state index in [2.05, 4.69) is 39.8 Å². The van der Waals surface area contributed by atoms with Gasteiger partial charge in [0.05, 0.1) is 5.69 Å². The summed E-state index contributed by atoms with van der Waals surface area (Å²) in [4.78, 5) is 9.06. The maximum Gasteiger partial charge on any atom is 0.224 e. The van der Waals surface area contributed by atoms with Crippen LogP contribution in [0.25, 0.3) is 0 Å². The summed E-state index contributed by atoms with van der Waals surface area (Å²) in [7, 11) is 1.86. The van der Waals surface area contributed by atoms with Crippen LogP contribution >= 0.6 is 0 Å². The normalized spacial score (nSPS) is 14.4. The van der Waals surface area contributed by atoms with Crippen molar-refractivity contribution in [2.45, 2.75) is 33.2 Å². The van der Waals surface area contributed by atoms with Crippen LogP contribution in [0.4, 0.5) is 11.8 Å². The minimum absolute atomic E-state index is 0.706. The van der Waals surface area contributed by atoms with Gasteiger partial charge in [-0.1, -0.05) is 13.8 Å². The predicted molar refractivity (Wildman–Crippen MR) is 74.9 cm³/mol. The van der Waals surface area contributed by atoms with E-state index in [1.165, 1.54) is 11.3 Å². The van der Waals surface area contributed by atoms with Crippen LogP contribution < -0.4 is 16.0 Å². The smallest absolute Gasteiger partial charge is 0.224 e. The van der Waals surface area contributed by atoms with E-state index < -0.39 is 0 Å². The Labute approximate surface area is 109 Å². The molecule has 0 aliphatic carbocycles. The molecule has 0 saturated carbocycles. The zero-order chi connectivity index (χ0) is 13.0. The van der Waals surface area contributed by atoms with Gasteiger partial charge in [0.25, 0.3) is 0 Å². The first-order chi connectivity index (χ1) is 8.70. The molecule has 2 rings (SSSR count). The van der Waals surface area contributed by atoms with E-state index in [1.54, 1.807) is 0 Å². The molecule has 1 aliphatic rings. The summed E-state index contributed by atoms with van der Waals surface area (Å²) in [5.74, 6) is 2.40. The van der Waals surface area contributed by atoms with Crippen molar-refractivity contribution in [2.24, 2.45) is 5.92 Å². The number of nitrogens with zero attached hydrogens (tertiary/aromatic N) is 2. The van der Waals surface area contributed by atoms with E-state index in [4.69, 9.17) is 0 Å². The summed E-state index contributed by atoms with van der Waals surface area (Å²) in [6.07, 6.45) is 2.13. The number of fused-ring (bicyclic) bond motifs is 1. The monoisotopic (exact) mass is 249 g/mol.